The van der Waals surface area contributed by atoms with Crippen LogP contribution in [0.25, 0.3) is 17.2 Å². The zero-order chi connectivity index (χ0) is 15.8. The summed E-state index contributed by atoms with van der Waals surface area (Å²) in [6, 6.07) is 7.19. The molecule has 0 aromatic carbocycles. The number of aromatic amines is 1. The van der Waals surface area contributed by atoms with E-state index in [9.17, 15) is 9.59 Å². The van der Waals surface area contributed by atoms with Gasteiger partial charge in [-0.3, -0.25) is 14.9 Å². The Balaban J connectivity index is 1.55. The number of imide groups is 1. The Labute approximate surface area is 137 Å². The number of hydrogen-bond acceptors (Lipinski definition) is 7. The number of carbonyl (C=O) groups excluding carboxylic acids is 2. The molecule has 2 amide bonds. The average molecular weight is 344 g/mol. The molecule has 0 radical (unpaired) electrons. The van der Waals surface area contributed by atoms with E-state index in [4.69, 9.17) is 4.42 Å². The van der Waals surface area contributed by atoms with Crippen LogP contribution >= 0.6 is 23.5 Å². The smallest absolute Gasteiger partial charge is 0.290 e. The number of imidazole rings is 1. The van der Waals surface area contributed by atoms with Gasteiger partial charge in [0.1, 0.15) is 11.3 Å². The lowest BCUT2D eigenvalue weighted by molar-refractivity contribution is -0.115. The quantitative estimate of drug-likeness (QED) is 0.704. The number of hydrogen-bond donors (Lipinski definition) is 2. The third-order valence-corrected chi connectivity index (χ3v) is 4.57. The van der Waals surface area contributed by atoms with E-state index < -0.39 is 5.91 Å². The molecule has 0 saturated carbocycles. The van der Waals surface area contributed by atoms with Gasteiger partial charge in [0.15, 0.2) is 15.9 Å². The minimum Gasteiger partial charge on any atom is -0.450 e. The summed E-state index contributed by atoms with van der Waals surface area (Å²) in [6.07, 6.45) is 3.23. The Morgan fingerprint density at radius 2 is 2.17 bits per heavy atom. The van der Waals surface area contributed by atoms with Crippen LogP contribution in [0.3, 0.4) is 0 Å². The first-order valence-corrected chi connectivity index (χ1v) is 8.14. The molecular weight excluding hydrogens is 336 g/mol. The molecule has 114 valence electrons. The summed E-state index contributed by atoms with van der Waals surface area (Å²) < 4.78 is 5.63. The van der Waals surface area contributed by atoms with Crippen molar-refractivity contribution >= 4 is 51.9 Å². The van der Waals surface area contributed by atoms with Crippen LogP contribution in [-0.4, -0.2) is 26.1 Å². The number of pyridine rings is 1. The maximum absolute atomic E-state index is 11.5. The van der Waals surface area contributed by atoms with Crippen molar-refractivity contribution < 1.29 is 14.0 Å². The highest BCUT2D eigenvalue weighted by Crippen LogP contribution is 2.31. The van der Waals surface area contributed by atoms with Gasteiger partial charge in [-0.2, -0.15) is 0 Å². The number of nitrogens with one attached hydrogen (secondary N) is 2. The van der Waals surface area contributed by atoms with E-state index in [1.807, 2.05) is 12.1 Å². The van der Waals surface area contributed by atoms with E-state index >= 15 is 0 Å². The topological polar surface area (TPSA) is 101 Å². The van der Waals surface area contributed by atoms with E-state index in [2.05, 4.69) is 20.3 Å². The molecule has 7 nitrogen and oxygen atoms in total. The predicted octanol–water partition coefficient (Wildman–Crippen LogP) is 3.03. The van der Waals surface area contributed by atoms with Crippen molar-refractivity contribution in [1.82, 2.24) is 20.3 Å². The van der Waals surface area contributed by atoms with Crippen LogP contribution < -0.4 is 5.32 Å². The first-order chi connectivity index (χ1) is 11.2. The van der Waals surface area contributed by atoms with Gasteiger partial charge in [0.05, 0.1) is 4.91 Å². The minimum absolute atomic E-state index is 0.314. The molecule has 1 aliphatic heterocycles. The molecule has 1 aliphatic rings. The fraction of sp³-hybridized carbons (Fsp3) is 0. The molecule has 3 aromatic rings. The molecular formula is C14H8N4O3S2. The van der Waals surface area contributed by atoms with Crippen molar-refractivity contribution in [3.63, 3.8) is 0 Å². The normalized spacial score (nSPS) is 16.4. The third-order valence-electron chi connectivity index (χ3n) is 2.95. The number of amides is 2. The SMILES string of the molecule is O=C1NC(=O)/C(=C/c2ccc(Sc3nc4cccnc4[nH]3)o2)S1. The fourth-order valence-corrected chi connectivity index (χ4v) is 3.40. The number of carbonyl (C=O) groups is 2. The Bertz CT molecular complexity index is 927. The number of thioether (sulfide) groups is 1. The van der Waals surface area contributed by atoms with E-state index in [0.717, 1.165) is 17.3 Å². The van der Waals surface area contributed by atoms with E-state index in [1.165, 1.54) is 17.8 Å². The number of furan rings is 1. The van der Waals surface area contributed by atoms with Gasteiger partial charge in [-0.1, -0.05) is 0 Å². The lowest BCUT2D eigenvalue weighted by atomic mass is 10.4. The summed E-state index contributed by atoms with van der Waals surface area (Å²) in [5.74, 6) is 0.0862. The van der Waals surface area contributed by atoms with Crippen molar-refractivity contribution in [2.45, 2.75) is 10.2 Å². The molecule has 2 N–H and O–H groups in total. The van der Waals surface area contributed by atoms with E-state index in [-0.39, 0.29) is 5.24 Å². The molecule has 3 aromatic heterocycles. The predicted molar refractivity (Wildman–Crippen MR) is 85.8 cm³/mol. The van der Waals surface area contributed by atoms with Crippen molar-refractivity contribution in [2.75, 3.05) is 0 Å². The van der Waals surface area contributed by atoms with Gasteiger partial charge in [0.25, 0.3) is 11.1 Å². The first kappa shape index (κ1) is 14.1. The monoisotopic (exact) mass is 344 g/mol. The molecule has 1 saturated heterocycles. The molecule has 0 unspecified atom stereocenters. The molecule has 0 spiro atoms. The highest BCUT2D eigenvalue weighted by Gasteiger charge is 2.25. The van der Waals surface area contributed by atoms with Gasteiger partial charge >= 0.3 is 0 Å². The van der Waals surface area contributed by atoms with Gasteiger partial charge < -0.3 is 9.40 Å². The summed E-state index contributed by atoms with van der Waals surface area (Å²) in [4.78, 5) is 34.6. The van der Waals surface area contributed by atoms with E-state index in [0.29, 0.717) is 26.6 Å². The number of fused-ring (bicyclic) bond motifs is 1. The second-order valence-electron chi connectivity index (χ2n) is 4.52. The second-order valence-corrected chi connectivity index (χ2v) is 6.53. The van der Waals surface area contributed by atoms with Crippen LogP contribution in [0.1, 0.15) is 5.76 Å². The number of rotatable bonds is 3. The van der Waals surface area contributed by atoms with Crippen LogP contribution in [0.15, 0.2) is 50.0 Å². The van der Waals surface area contributed by atoms with Crippen LogP contribution in [-0.2, 0) is 4.79 Å². The summed E-state index contributed by atoms with van der Waals surface area (Å²) in [5.41, 5.74) is 1.49. The maximum Gasteiger partial charge on any atom is 0.290 e. The Kier molecular flexibility index (Phi) is 3.43. The first-order valence-electron chi connectivity index (χ1n) is 6.51. The molecule has 4 heterocycles. The lowest BCUT2D eigenvalue weighted by Crippen LogP contribution is -2.17. The number of H-pyrrole nitrogens is 1. The third kappa shape index (κ3) is 2.88. The molecule has 23 heavy (non-hydrogen) atoms. The summed E-state index contributed by atoms with van der Waals surface area (Å²) in [5, 5.41) is 3.10. The molecule has 0 atom stereocenters. The highest BCUT2D eigenvalue weighted by molar-refractivity contribution is 8.18. The number of nitrogens with zero attached hydrogens (tertiary/aromatic N) is 2. The van der Waals surface area contributed by atoms with Crippen LogP contribution in [0.2, 0.25) is 0 Å². The summed E-state index contributed by atoms with van der Waals surface area (Å²) >= 11 is 2.17. The molecule has 0 aliphatic carbocycles. The molecule has 1 fully saturated rings. The van der Waals surface area contributed by atoms with Crippen LogP contribution in [0.4, 0.5) is 4.79 Å². The fourth-order valence-electron chi connectivity index (χ4n) is 1.98. The summed E-state index contributed by atoms with van der Waals surface area (Å²) in [6.45, 7) is 0. The van der Waals surface area contributed by atoms with Crippen molar-refractivity contribution in [3.8, 4) is 0 Å². The maximum atomic E-state index is 11.5. The van der Waals surface area contributed by atoms with Crippen molar-refractivity contribution in [1.29, 1.82) is 0 Å². The Morgan fingerprint density at radius 1 is 1.26 bits per heavy atom. The molecule has 4 rings (SSSR count). The zero-order valence-electron chi connectivity index (χ0n) is 11.4. The summed E-state index contributed by atoms with van der Waals surface area (Å²) in [7, 11) is 0. The van der Waals surface area contributed by atoms with Gasteiger partial charge in [-0.15, -0.1) is 0 Å². The molecule has 0 bridgehead atoms. The average Bonchev–Trinajstić information content (AvgIpc) is 3.19. The second kappa shape index (κ2) is 5.60. The van der Waals surface area contributed by atoms with Gasteiger partial charge in [0, 0.05) is 12.3 Å². The van der Waals surface area contributed by atoms with Crippen molar-refractivity contribution in [2.24, 2.45) is 0 Å². The van der Waals surface area contributed by atoms with Gasteiger partial charge in [-0.25, -0.2) is 9.97 Å². The van der Waals surface area contributed by atoms with E-state index in [1.54, 1.807) is 18.3 Å². The largest absolute Gasteiger partial charge is 0.450 e. The van der Waals surface area contributed by atoms with Crippen LogP contribution in [0, 0.1) is 0 Å². The van der Waals surface area contributed by atoms with Gasteiger partial charge in [-0.05, 0) is 47.8 Å². The number of aromatic nitrogens is 3. The Hall–Kier alpha value is -2.52. The highest BCUT2D eigenvalue weighted by atomic mass is 32.2. The Morgan fingerprint density at radius 3 is 2.96 bits per heavy atom. The lowest BCUT2D eigenvalue weighted by Gasteiger charge is -1.92. The zero-order valence-corrected chi connectivity index (χ0v) is 13.0. The van der Waals surface area contributed by atoms with Crippen LogP contribution in [0.5, 0.6) is 0 Å². The van der Waals surface area contributed by atoms with Gasteiger partial charge in [0.2, 0.25) is 0 Å². The molecule has 9 heteroatoms. The van der Waals surface area contributed by atoms with Crippen molar-refractivity contribution in [3.05, 3.63) is 41.1 Å². The standard InChI is InChI=1S/C14H8N4O3S2/c19-12-9(22-14(20)18-12)6-7-3-4-10(21-7)23-13-16-8-2-1-5-15-11(8)17-13/h1-6H,(H,15,16,17)(H,18,19,20)/b9-6-. The minimum atomic E-state index is -0.408.